The molecule has 0 saturated heterocycles. The van der Waals surface area contributed by atoms with Crippen LogP contribution in [0.1, 0.15) is 37.4 Å². The zero-order chi connectivity index (χ0) is 11.2. The average molecular weight is 209 g/mol. The van der Waals surface area contributed by atoms with Crippen LogP contribution in [0.15, 0.2) is 18.2 Å². The average Bonchev–Trinajstić information content (AvgIpc) is 2.14. The number of rotatable bonds is 0. The van der Waals surface area contributed by atoms with E-state index in [1.54, 1.807) is 6.07 Å². The van der Waals surface area contributed by atoms with E-state index in [9.17, 15) is 9.50 Å². The molecule has 1 aliphatic rings. The summed E-state index contributed by atoms with van der Waals surface area (Å²) in [7, 11) is 0. The van der Waals surface area contributed by atoms with Gasteiger partial charge in [-0.3, -0.25) is 0 Å². The highest BCUT2D eigenvalue weighted by molar-refractivity contribution is 5.39. The van der Waals surface area contributed by atoms with Crippen LogP contribution in [0.3, 0.4) is 0 Å². The van der Waals surface area contributed by atoms with Gasteiger partial charge in [-0.15, -0.1) is 0 Å². The van der Waals surface area contributed by atoms with Crippen molar-refractivity contribution in [3.8, 4) is 0 Å². The number of hydrogen-bond acceptors (Lipinski definition) is 2. The molecule has 3 N–H and O–H groups in total. The SMILES string of the molecule is CC1(C)C[C@H](O)C(N)c2ccc(F)cc21. The van der Waals surface area contributed by atoms with Gasteiger partial charge in [0, 0.05) is 0 Å². The molecule has 0 saturated carbocycles. The van der Waals surface area contributed by atoms with Crippen molar-refractivity contribution >= 4 is 0 Å². The Hall–Kier alpha value is -0.930. The molecule has 1 aromatic rings. The van der Waals surface area contributed by atoms with E-state index in [4.69, 9.17) is 5.73 Å². The van der Waals surface area contributed by atoms with Crippen LogP contribution in [0.4, 0.5) is 4.39 Å². The number of nitrogens with two attached hydrogens (primary N) is 1. The summed E-state index contributed by atoms with van der Waals surface area (Å²) in [6.07, 6.45) is 0.0305. The van der Waals surface area contributed by atoms with Gasteiger partial charge in [-0.25, -0.2) is 4.39 Å². The Bertz CT molecular complexity index is 389. The second-order valence-corrected chi connectivity index (χ2v) is 4.91. The Morgan fingerprint density at radius 2 is 2.13 bits per heavy atom. The molecular weight excluding hydrogens is 193 g/mol. The Labute approximate surface area is 88.9 Å². The third kappa shape index (κ3) is 1.66. The quantitative estimate of drug-likeness (QED) is 0.685. The molecule has 82 valence electrons. The second-order valence-electron chi connectivity index (χ2n) is 4.91. The summed E-state index contributed by atoms with van der Waals surface area (Å²) in [4.78, 5) is 0. The number of benzene rings is 1. The van der Waals surface area contributed by atoms with Gasteiger partial charge >= 0.3 is 0 Å². The molecule has 0 amide bonds. The summed E-state index contributed by atoms with van der Waals surface area (Å²) < 4.78 is 13.2. The molecule has 0 aliphatic heterocycles. The number of aliphatic hydroxyl groups is 1. The van der Waals surface area contributed by atoms with Gasteiger partial charge in [0.1, 0.15) is 5.82 Å². The summed E-state index contributed by atoms with van der Waals surface area (Å²) in [5.41, 5.74) is 7.45. The minimum absolute atomic E-state index is 0.216. The standard InChI is InChI=1S/C12H16FNO/c1-12(2)6-10(15)11(14)8-4-3-7(13)5-9(8)12/h3-5,10-11,15H,6,14H2,1-2H3/t10-,11?/m0/s1. The van der Waals surface area contributed by atoms with Crippen LogP contribution in [0.25, 0.3) is 0 Å². The van der Waals surface area contributed by atoms with E-state index in [2.05, 4.69) is 0 Å². The van der Waals surface area contributed by atoms with Gasteiger partial charge in [0.05, 0.1) is 12.1 Å². The van der Waals surface area contributed by atoms with Crippen molar-refractivity contribution in [1.82, 2.24) is 0 Å². The zero-order valence-corrected chi connectivity index (χ0v) is 9.00. The molecule has 15 heavy (non-hydrogen) atoms. The lowest BCUT2D eigenvalue weighted by Gasteiger charge is -2.38. The van der Waals surface area contributed by atoms with Gasteiger partial charge in [0.15, 0.2) is 0 Å². The molecule has 2 atom stereocenters. The van der Waals surface area contributed by atoms with Crippen molar-refractivity contribution in [2.24, 2.45) is 5.73 Å². The monoisotopic (exact) mass is 209 g/mol. The fourth-order valence-corrected chi connectivity index (χ4v) is 2.37. The molecule has 3 heteroatoms. The minimum atomic E-state index is -0.544. The van der Waals surface area contributed by atoms with Gasteiger partial charge in [0.25, 0.3) is 0 Å². The molecule has 0 aromatic heterocycles. The maximum atomic E-state index is 13.2. The smallest absolute Gasteiger partial charge is 0.123 e. The number of fused-ring (bicyclic) bond motifs is 1. The Morgan fingerprint density at radius 3 is 2.80 bits per heavy atom. The molecule has 0 spiro atoms. The first-order chi connectivity index (χ1) is 6.92. The van der Waals surface area contributed by atoms with Crippen LogP contribution < -0.4 is 5.73 Å². The van der Waals surface area contributed by atoms with Crippen LogP contribution in [-0.4, -0.2) is 11.2 Å². The third-order valence-corrected chi connectivity index (χ3v) is 3.24. The van der Waals surface area contributed by atoms with Crippen molar-refractivity contribution < 1.29 is 9.50 Å². The first kappa shape index (κ1) is 10.6. The Kier molecular flexibility index (Phi) is 2.32. The fourth-order valence-electron chi connectivity index (χ4n) is 2.37. The maximum Gasteiger partial charge on any atom is 0.123 e. The predicted octanol–water partition coefficient (Wildman–Crippen LogP) is 1.87. The lowest BCUT2D eigenvalue weighted by atomic mass is 9.70. The van der Waals surface area contributed by atoms with Gasteiger partial charge in [-0.05, 0) is 35.1 Å². The van der Waals surface area contributed by atoms with Crippen molar-refractivity contribution in [2.75, 3.05) is 0 Å². The Morgan fingerprint density at radius 1 is 1.47 bits per heavy atom. The number of hydrogen-bond donors (Lipinski definition) is 2. The number of aliphatic hydroxyl groups excluding tert-OH is 1. The lowest BCUT2D eigenvalue weighted by molar-refractivity contribution is 0.0993. The van der Waals surface area contributed by atoms with Crippen LogP contribution in [-0.2, 0) is 5.41 Å². The number of halogens is 1. The summed E-state index contributed by atoms with van der Waals surface area (Å²) in [6.45, 7) is 4.00. The highest BCUT2D eigenvalue weighted by atomic mass is 19.1. The summed E-state index contributed by atoms with van der Waals surface area (Å²) in [5.74, 6) is -0.245. The summed E-state index contributed by atoms with van der Waals surface area (Å²) in [5, 5.41) is 9.81. The molecule has 2 nitrogen and oxygen atoms in total. The molecule has 0 bridgehead atoms. The van der Waals surface area contributed by atoms with Crippen LogP contribution in [0.5, 0.6) is 0 Å². The highest BCUT2D eigenvalue weighted by Crippen LogP contribution is 2.40. The van der Waals surface area contributed by atoms with Crippen LogP contribution >= 0.6 is 0 Å². The van der Waals surface area contributed by atoms with E-state index in [1.165, 1.54) is 12.1 Å². The first-order valence-corrected chi connectivity index (χ1v) is 5.15. The van der Waals surface area contributed by atoms with Crippen molar-refractivity contribution in [2.45, 2.75) is 37.8 Å². The molecule has 0 heterocycles. The molecule has 2 rings (SSSR count). The van der Waals surface area contributed by atoms with Gasteiger partial charge in [-0.1, -0.05) is 19.9 Å². The zero-order valence-electron chi connectivity index (χ0n) is 9.00. The third-order valence-electron chi connectivity index (χ3n) is 3.24. The van der Waals surface area contributed by atoms with Gasteiger partial charge < -0.3 is 10.8 Å². The van der Waals surface area contributed by atoms with Gasteiger partial charge in [0.2, 0.25) is 0 Å². The second kappa shape index (κ2) is 3.29. The molecule has 1 unspecified atom stereocenters. The summed E-state index contributed by atoms with van der Waals surface area (Å²) >= 11 is 0. The van der Waals surface area contributed by atoms with E-state index in [0.717, 1.165) is 11.1 Å². The largest absolute Gasteiger partial charge is 0.391 e. The van der Waals surface area contributed by atoms with E-state index in [0.29, 0.717) is 6.42 Å². The highest BCUT2D eigenvalue weighted by Gasteiger charge is 2.36. The minimum Gasteiger partial charge on any atom is -0.391 e. The molecule has 0 fully saturated rings. The van der Waals surface area contributed by atoms with E-state index in [-0.39, 0.29) is 11.2 Å². The van der Waals surface area contributed by atoms with E-state index >= 15 is 0 Å². The molecule has 0 radical (unpaired) electrons. The van der Waals surface area contributed by atoms with Gasteiger partial charge in [-0.2, -0.15) is 0 Å². The predicted molar refractivity (Wildman–Crippen MR) is 57.0 cm³/mol. The van der Waals surface area contributed by atoms with Crippen molar-refractivity contribution in [3.63, 3.8) is 0 Å². The Balaban J connectivity index is 2.59. The lowest BCUT2D eigenvalue weighted by Crippen LogP contribution is -2.39. The van der Waals surface area contributed by atoms with E-state index < -0.39 is 12.1 Å². The fraction of sp³-hybridized carbons (Fsp3) is 0.500. The topological polar surface area (TPSA) is 46.2 Å². The van der Waals surface area contributed by atoms with Crippen molar-refractivity contribution in [3.05, 3.63) is 35.1 Å². The maximum absolute atomic E-state index is 13.2. The molecule has 1 aromatic carbocycles. The molecular formula is C12H16FNO. The van der Waals surface area contributed by atoms with Crippen LogP contribution in [0, 0.1) is 5.82 Å². The molecule has 1 aliphatic carbocycles. The van der Waals surface area contributed by atoms with E-state index in [1.807, 2.05) is 13.8 Å². The normalized spacial score (nSPS) is 28.6. The summed E-state index contributed by atoms with van der Waals surface area (Å²) in [6, 6.07) is 4.21. The van der Waals surface area contributed by atoms with Crippen molar-refractivity contribution in [1.29, 1.82) is 0 Å². The first-order valence-electron chi connectivity index (χ1n) is 5.15. The van der Waals surface area contributed by atoms with Crippen LogP contribution in [0.2, 0.25) is 0 Å².